The Balaban J connectivity index is 0.000000254. The van der Waals surface area contributed by atoms with E-state index in [0.29, 0.717) is 6.04 Å². The number of nitrogens with zero attached hydrogens (tertiary/aromatic N) is 1. The van der Waals surface area contributed by atoms with Crippen molar-refractivity contribution in [1.82, 2.24) is 9.88 Å². The lowest BCUT2D eigenvalue weighted by molar-refractivity contribution is -1.92. The lowest BCUT2D eigenvalue weighted by Crippen LogP contribution is -2.58. The normalized spacial score (nSPS) is 21.7. The van der Waals surface area contributed by atoms with Crippen LogP contribution in [0.2, 0.25) is 0 Å². The Morgan fingerprint density at radius 2 is 1.86 bits per heavy atom. The summed E-state index contributed by atoms with van der Waals surface area (Å²) in [6, 6.07) is 9.43. The van der Waals surface area contributed by atoms with E-state index in [0.717, 1.165) is 0 Å². The first-order chi connectivity index (χ1) is 10.4. The van der Waals surface area contributed by atoms with Crippen LogP contribution < -0.4 is 14.0 Å². The van der Waals surface area contributed by atoms with Crippen molar-refractivity contribution in [1.29, 1.82) is 0 Å². The van der Waals surface area contributed by atoms with Gasteiger partial charge in [-0.15, -0.1) is 0 Å². The van der Waals surface area contributed by atoms with Gasteiger partial charge in [-0.3, -0.25) is 4.90 Å². The van der Waals surface area contributed by atoms with Gasteiger partial charge in [0.05, 0.1) is 20.9 Å². The number of hydrogen-bond donors (Lipinski definition) is 2. The molecule has 1 aromatic carbocycles. The van der Waals surface area contributed by atoms with Crippen LogP contribution in [0, 0.1) is 10.2 Å². The second kappa shape index (κ2) is 6.16. The summed E-state index contributed by atoms with van der Waals surface area (Å²) in [5.41, 5.74) is 4.42. The zero-order valence-electron chi connectivity index (χ0n) is 12.1. The molecular formula is C15H19ClN2O4. The molecule has 0 radical (unpaired) electrons. The molecule has 4 rings (SSSR count). The lowest BCUT2D eigenvalue weighted by atomic mass is 9.91. The number of nitrogens with one attached hydrogen (secondary N) is 1. The summed E-state index contributed by atoms with van der Waals surface area (Å²) >= 11 is 0. The fourth-order valence-electron chi connectivity index (χ4n) is 3.62. The third kappa shape index (κ3) is 3.43. The average molecular weight is 327 g/mol. The van der Waals surface area contributed by atoms with E-state index >= 15 is 0 Å². The van der Waals surface area contributed by atoms with Crippen molar-refractivity contribution in [3.63, 3.8) is 0 Å². The van der Waals surface area contributed by atoms with E-state index in [4.69, 9.17) is 18.6 Å². The summed E-state index contributed by atoms with van der Waals surface area (Å²) in [6.07, 6.45) is 5.32. The molecule has 2 aromatic rings. The van der Waals surface area contributed by atoms with Crippen molar-refractivity contribution in [2.24, 2.45) is 0 Å². The summed E-state index contributed by atoms with van der Waals surface area (Å²) in [7, 11) is -4.69. The minimum atomic E-state index is -4.69. The molecule has 0 spiro atoms. The maximum Gasteiger partial charge on any atom is 0.0777 e. The minimum Gasteiger partial charge on any atom is -0.357 e. The molecule has 120 valence electrons. The van der Waals surface area contributed by atoms with Gasteiger partial charge in [-0.05, 0) is 37.4 Å². The number of aromatic amines is 1. The topological polar surface area (TPSA) is 108 Å². The molecule has 0 aliphatic carbocycles. The number of para-hydroxylation sites is 1. The summed E-state index contributed by atoms with van der Waals surface area (Å²) in [5, 5.41) is 1.45. The first-order valence-corrected chi connectivity index (χ1v) is 8.66. The van der Waals surface area contributed by atoms with Gasteiger partial charge >= 0.3 is 0 Å². The van der Waals surface area contributed by atoms with Gasteiger partial charge in [0.2, 0.25) is 0 Å². The summed E-state index contributed by atoms with van der Waals surface area (Å²) in [4.78, 5) is 6.34. The van der Waals surface area contributed by atoms with E-state index in [1.54, 1.807) is 5.56 Å². The predicted octanol–water partition coefficient (Wildman–Crippen LogP) is -0.873. The van der Waals surface area contributed by atoms with E-state index in [-0.39, 0.29) is 0 Å². The van der Waals surface area contributed by atoms with E-state index in [2.05, 4.69) is 34.1 Å². The van der Waals surface area contributed by atoms with Crippen LogP contribution in [0.15, 0.2) is 24.3 Å². The molecule has 1 unspecified atom stereocenters. The highest BCUT2D eigenvalue weighted by Gasteiger charge is 2.31. The highest BCUT2D eigenvalue weighted by atomic mass is 35.7. The number of H-pyrrole nitrogens is 1. The summed E-state index contributed by atoms with van der Waals surface area (Å²) < 4.78 is 32.7. The molecule has 22 heavy (non-hydrogen) atoms. The lowest BCUT2D eigenvalue weighted by Gasteiger charge is -2.39. The smallest absolute Gasteiger partial charge is 0.0777 e. The molecule has 2 aliphatic rings. The fourth-order valence-corrected chi connectivity index (χ4v) is 3.62. The third-order valence-corrected chi connectivity index (χ3v) is 4.44. The quantitative estimate of drug-likeness (QED) is 0.654. The van der Waals surface area contributed by atoms with Gasteiger partial charge in [0.25, 0.3) is 0 Å². The van der Waals surface area contributed by atoms with Gasteiger partial charge in [0, 0.05) is 23.1 Å². The maximum absolute atomic E-state index is 8.60. The van der Waals surface area contributed by atoms with Gasteiger partial charge in [0.15, 0.2) is 0 Å². The van der Waals surface area contributed by atoms with E-state index in [1.165, 1.54) is 55.4 Å². The molecule has 0 bridgehead atoms. The molecule has 1 atom stereocenters. The van der Waals surface area contributed by atoms with Crippen LogP contribution in [0.25, 0.3) is 10.9 Å². The Hall–Kier alpha value is -1.15. The van der Waals surface area contributed by atoms with Crippen LogP contribution in [-0.2, 0) is 6.42 Å². The first kappa shape index (κ1) is 15.7. The molecule has 2 N–H and O–H groups in total. The van der Waals surface area contributed by atoms with Gasteiger partial charge in [0.1, 0.15) is 0 Å². The third-order valence-electron chi connectivity index (χ3n) is 4.44. The second-order valence-electron chi connectivity index (χ2n) is 5.76. The number of fused-ring (bicyclic) bond motifs is 5. The molecule has 2 aliphatic heterocycles. The van der Waals surface area contributed by atoms with Crippen LogP contribution in [0.3, 0.4) is 0 Å². The fraction of sp³-hybridized carbons (Fsp3) is 0.467. The van der Waals surface area contributed by atoms with Gasteiger partial charge in [-0.25, -0.2) is 0 Å². The molecule has 0 saturated carbocycles. The molecule has 1 aromatic heterocycles. The number of rotatable bonds is 0. The van der Waals surface area contributed by atoms with E-state index < -0.39 is 10.2 Å². The van der Waals surface area contributed by atoms with Crippen molar-refractivity contribution in [2.75, 3.05) is 13.1 Å². The second-order valence-corrected chi connectivity index (χ2v) is 6.55. The molecule has 1 fully saturated rings. The zero-order chi connectivity index (χ0) is 15.7. The highest BCUT2D eigenvalue weighted by Crippen LogP contribution is 2.38. The molecule has 6 nitrogen and oxygen atoms in total. The van der Waals surface area contributed by atoms with Gasteiger partial charge < -0.3 is 4.98 Å². The van der Waals surface area contributed by atoms with Crippen molar-refractivity contribution in [3.05, 3.63) is 35.5 Å². The minimum absolute atomic E-state index is 0.667. The van der Waals surface area contributed by atoms with Crippen LogP contribution in [-0.4, -0.2) is 27.6 Å². The Labute approximate surface area is 130 Å². The van der Waals surface area contributed by atoms with Crippen molar-refractivity contribution in [3.8, 4) is 0 Å². The van der Waals surface area contributed by atoms with Crippen molar-refractivity contribution < 1.29 is 28.9 Å². The SMILES string of the molecule is [O-][Cl+3]([O-])([O-])O.c1ccc2c3c([nH]c2c1)C1CCCCN1CC3. The van der Waals surface area contributed by atoms with Crippen LogP contribution in [0.5, 0.6) is 0 Å². The van der Waals surface area contributed by atoms with Crippen LogP contribution in [0.4, 0.5) is 0 Å². The van der Waals surface area contributed by atoms with E-state index in [9.17, 15) is 0 Å². The number of halogens is 1. The van der Waals surface area contributed by atoms with Gasteiger partial charge in [-0.2, -0.15) is 14.0 Å². The number of hydrogen-bond acceptors (Lipinski definition) is 5. The zero-order valence-corrected chi connectivity index (χ0v) is 12.9. The highest BCUT2D eigenvalue weighted by molar-refractivity contribution is 5.85. The maximum atomic E-state index is 8.60. The molecule has 3 heterocycles. The monoisotopic (exact) mass is 326 g/mol. The largest absolute Gasteiger partial charge is 0.357 e. The molecule has 0 amide bonds. The number of piperidine rings is 1. The van der Waals surface area contributed by atoms with Crippen LogP contribution >= 0.6 is 0 Å². The predicted molar refractivity (Wildman–Crippen MR) is 72.4 cm³/mol. The number of aromatic nitrogens is 1. The molecular weight excluding hydrogens is 308 g/mol. The molecule has 1 saturated heterocycles. The summed E-state index contributed by atoms with van der Waals surface area (Å²) in [5.74, 6) is 0. The average Bonchev–Trinajstić information content (AvgIpc) is 2.84. The Bertz CT molecular complexity index is 647. The standard InChI is InChI=1S/C15H18N2.ClHO4/c1-2-6-13-11(5-1)12-8-10-17-9-4-3-7-14(17)15(12)16-13;2-1(3,4)5/h1-2,5-6,14,16H,3-4,7-10H2;(H,2,3,4,5). The summed E-state index contributed by atoms with van der Waals surface area (Å²) in [6.45, 7) is 2.54. The van der Waals surface area contributed by atoms with Crippen LogP contribution in [0.1, 0.15) is 36.6 Å². The van der Waals surface area contributed by atoms with Gasteiger partial charge in [-0.1, -0.05) is 24.6 Å². The number of benzene rings is 1. The van der Waals surface area contributed by atoms with E-state index in [1.807, 2.05) is 0 Å². The van der Waals surface area contributed by atoms with Crippen molar-refractivity contribution >= 4 is 10.9 Å². The first-order valence-electron chi connectivity index (χ1n) is 7.40. The Morgan fingerprint density at radius 1 is 1.14 bits per heavy atom. The Morgan fingerprint density at radius 3 is 2.64 bits per heavy atom. The molecule has 7 heteroatoms. The van der Waals surface area contributed by atoms with Crippen molar-refractivity contribution in [2.45, 2.75) is 31.7 Å². The Kier molecular flexibility index (Phi) is 4.40.